The number of hydrogen-bond donors (Lipinski definition) is 1. The van der Waals surface area contributed by atoms with Gasteiger partial charge in [-0.15, -0.1) is 0 Å². The number of carbonyl (C=O) groups is 1. The van der Waals surface area contributed by atoms with Crippen molar-refractivity contribution in [3.63, 3.8) is 0 Å². The average Bonchev–Trinajstić information content (AvgIpc) is 2.65. The molecule has 0 saturated carbocycles. The van der Waals surface area contributed by atoms with Gasteiger partial charge < -0.3 is 4.90 Å². The summed E-state index contributed by atoms with van der Waals surface area (Å²) in [5.41, 5.74) is 7.59. The predicted octanol–water partition coefficient (Wildman–Crippen LogP) is 4.49. The van der Waals surface area contributed by atoms with E-state index in [1.54, 1.807) is 6.21 Å². The van der Waals surface area contributed by atoms with Crippen molar-refractivity contribution in [2.75, 3.05) is 11.9 Å². The first kappa shape index (κ1) is 19.2. The molecule has 142 valence electrons. The number of hydrogen-bond acceptors (Lipinski definition) is 3. The molecule has 0 aromatic heterocycles. The number of aryl methyl sites for hydroxylation is 1. The van der Waals surface area contributed by atoms with Gasteiger partial charge in [-0.1, -0.05) is 43.3 Å². The molecule has 1 aliphatic heterocycles. The Morgan fingerprint density at radius 2 is 2.00 bits per heavy atom. The number of anilines is 1. The Hall–Kier alpha value is -2.62. The minimum Gasteiger partial charge on any atom is -0.369 e. The highest BCUT2D eigenvalue weighted by atomic mass is 16.2. The Balaban J connectivity index is 1.60. The molecule has 1 N–H and O–H groups in total. The van der Waals surface area contributed by atoms with E-state index in [0.717, 1.165) is 24.0 Å². The lowest BCUT2D eigenvalue weighted by atomic mass is 9.80. The van der Waals surface area contributed by atoms with E-state index in [4.69, 9.17) is 0 Å². The zero-order valence-corrected chi connectivity index (χ0v) is 16.7. The molecular weight excluding hydrogens is 334 g/mol. The fraction of sp³-hybridized carbons (Fsp3) is 0.391. The van der Waals surface area contributed by atoms with Gasteiger partial charge in [0.1, 0.15) is 0 Å². The summed E-state index contributed by atoms with van der Waals surface area (Å²) in [5, 5.41) is 4.14. The molecule has 1 heterocycles. The SMILES string of the molecule is C[C@@H]1CC(C)(C)N(C)c2ccc(/C=N/NC(=O)CCc3ccccc3)cc21. The highest BCUT2D eigenvalue weighted by molar-refractivity contribution is 5.84. The second-order valence-corrected chi connectivity index (χ2v) is 8.07. The molecular formula is C23H29N3O. The zero-order valence-electron chi connectivity index (χ0n) is 16.7. The number of rotatable bonds is 5. The molecule has 0 aliphatic carbocycles. The van der Waals surface area contributed by atoms with Crippen molar-refractivity contribution in [2.45, 2.75) is 51.5 Å². The van der Waals surface area contributed by atoms with E-state index < -0.39 is 0 Å². The van der Waals surface area contributed by atoms with Gasteiger partial charge in [0.15, 0.2) is 0 Å². The smallest absolute Gasteiger partial charge is 0.240 e. The lowest BCUT2D eigenvalue weighted by Crippen LogP contribution is -2.45. The number of fused-ring (bicyclic) bond motifs is 1. The Morgan fingerprint density at radius 1 is 1.26 bits per heavy atom. The standard InChI is InChI=1S/C23H29N3O/c1-17-15-23(2,3)26(4)21-12-10-19(14-20(17)21)16-24-25-22(27)13-11-18-8-6-5-7-9-18/h5-10,12,14,16-17H,11,13,15H2,1-4H3,(H,25,27)/b24-16+/t17-/m1/s1. The van der Waals surface area contributed by atoms with Gasteiger partial charge in [0.05, 0.1) is 6.21 Å². The van der Waals surface area contributed by atoms with Crippen molar-refractivity contribution < 1.29 is 4.79 Å². The van der Waals surface area contributed by atoms with Crippen molar-refractivity contribution in [3.05, 3.63) is 65.2 Å². The highest BCUT2D eigenvalue weighted by Gasteiger charge is 2.33. The van der Waals surface area contributed by atoms with Gasteiger partial charge >= 0.3 is 0 Å². The number of hydrazone groups is 1. The second kappa shape index (κ2) is 7.95. The van der Waals surface area contributed by atoms with Gasteiger partial charge in [-0.05, 0) is 61.4 Å². The summed E-state index contributed by atoms with van der Waals surface area (Å²) in [4.78, 5) is 14.3. The molecule has 4 nitrogen and oxygen atoms in total. The maximum Gasteiger partial charge on any atom is 0.240 e. The highest BCUT2D eigenvalue weighted by Crippen LogP contribution is 2.42. The van der Waals surface area contributed by atoms with E-state index in [9.17, 15) is 4.79 Å². The summed E-state index contributed by atoms with van der Waals surface area (Å²) >= 11 is 0. The molecule has 2 aromatic carbocycles. The summed E-state index contributed by atoms with van der Waals surface area (Å²) in [6.07, 6.45) is 4.00. The fourth-order valence-corrected chi connectivity index (χ4v) is 3.81. The van der Waals surface area contributed by atoms with Crippen LogP contribution >= 0.6 is 0 Å². The normalized spacial score (nSPS) is 18.4. The molecule has 1 amide bonds. The third-order valence-electron chi connectivity index (χ3n) is 5.54. The van der Waals surface area contributed by atoms with Gasteiger partial charge in [-0.3, -0.25) is 4.79 Å². The van der Waals surface area contributed by atoms with Crippen molar-refractivity contribution in [2.24, 2.45) is 5.10 Å². The van der Waals surface area contributed by atoms with Crippen LogP contribution in [0.15, 0.2) is 53.6 Å². The van der Waals surface area contributed by atoms with Crippen LogP contribution in [0.25, 0.3) is 0 Å². The van der Waals surface area contributed by atoms with Crippen LogP contribution in [-0.4, -0.2) is 24.7 Å². The van der Waals surface area contributed by atoms with Crippen molar-refractivity contribution in [1.82, 2.24) is 5.43 Å². The van der Waals surface area contributed by atoms with Crippen LogP contribution in [0.3, 0.4) is 0 Å². The van der Waals surface area contributed by atoms with Crippen LogP contribution < -0.4 is 10.3 Å². The fourth-order valence-electron chi connectivity index (χ4n) is 3.81. The molecule has 2 aromatic rings. The topological polar surface area (TPSA) is 44.7 Å². The number of carbonyl (C=O) groups excluding carboxylic acids is 1. The summed E-state index contributed by atoms with van der Waals surface area (Å²) in [5.74, 6) is 0.433. The maximum absolute atomic E-state index is 12.0. The van der Waals surface area contributed by atoms with Crippen LogP contribution in [0.5, 0.6) is 0 Å². The Labute approximate surface area is 162 Å². The van der Waals surface area contributed by atoms with Gasteiger partial charge in [-0.25, -0.2) is 5.43 Å². The third-order valence-corrected chi connectivity index (χ3v) is 5.54. The molecule has 27 heavy (non-hydrogen) atoms. The monoisotopic (exact) mass is 363 g/mol. The van der Waals surface area contributed by atoms with Gasteiger partial charge in [0, 0.05) is 24.7 Å². The first-order chi connectivity index (χ1) is 12.9. The van der Waals surface area contributed by atoms with Crippen molar-refractivity contribution in [1.29, 1.82) is 0 Å². The lowest BCUT2D eigenvalue weighted by molar-refractivity contribution is -0.121. The van der Waals surface area contributed by atoms with Gasteiger partial charge in [0.25, 0.3) is 0 Å². The van der Waals surface area contributed by atoms with Crippen molar-refractivity contribution in [3.8, 4) is 0 Å². The van der Waals surface area contributed by atoms with E-state index in [1.807, 2.05) is 30.3 Å². The summed E-state index contributed by atoms with van der Waals surface area (Å²) in [6, 6.07) is 16.4. The number of benzene rings is 2. The largest absolute Gasteiger partial charge is 0.369 e. The lowest BCUT2D eigenvalue weighted by Gasteiger charge is -2.45. The zero-order chi connectivity index (χ0) is 19.4. The quantitative estimate of drug-likeness (QED) is 0.628. The van der Waals surface area contributed by atoms with Crippen LogP contribution in [-0.2, 0) is 11.2 Å². The first-order valence-corrected chi connectivity index (χ1v) is 9.60. The molecule has 0 spiro atoms. The number of nitrogens with zero attached hydrogens (tertiary/aromatic N) is 2. The predicted molar refractivity (Wildman–Crippen MR) is 112 cm³/mol. The first-order valence-electron chi connectivity index (χ1n) is 9.60. The molecule has 1 aliphatic rings. The van der Waals surface area contributed by atoms with E-state index in [2.05, 4.69) is 61.4 Å². The maximum atomic E-state index is 12.0. The molecule has 0 unspecified atom stereocenters. The van der Waals surface area contributed by atoms with Crippen LogP contribution in [0.1, 0.15) is 56.2 Å². The average molecular weight is 364 g/mol. The van der Waals surface area contributed by atoms with E-state index in [1.165, 1.54) is 11.3 Å². The van der Waals surface area contributed by atoms with Crippen LogP contribution in [0.4, 0.5) is 5.69 Å². The molecule has 0 bridgehead atoms. The molecule has 0 fully saturated rings. The van der Waals surface area contributed by atoms with Crippen LogP contribution in [0, 0.1) is 0 Å². The minimum atomic E-state index is -0.0667. The molecule has 4 heteroatoms. The van der Waals surface area contributed by atoms with E-state index in [-0.39, 0.29) is 11.4 Å². The molecule has 0 saturated heterocycles. The summed E-state index contributed by atoms with van der Waals surface area (Å²) in [6.45, 7) is 6.85. The van der Waals surface area contributed by atoms with E-state index in [0.29, 0.717) is 12.3 Å². The van der Waals surface area contributed by atoms with Gasteiger partial charge in [-0.2, -0.15) is 5.10 Å². The molecule has 0 radical (unpaired) electrons. The minimum absolute atomic E-state index is 0.0667. The second-order valence-electron chi connectivity index (χ2n) is 8.07. The third kappa shape index (κ3) is 4.57. The number of nitrogens with one attached hydrogen (secondary N) is 1. The summed E-state index contributed by atoms with van der Waals surface area (Å²) in [7, 11) is 2.16. The molecule has 3 rings (SSSR count). The summed E-state index contributed by atoms with van der Waals surface area (Å²) < 4.78 is 0. The van der Waals surface area contributed by atoms with Gasteiger partial charge in [0.2, 0.25) is 5.91 Å². The molecule has 1 atom stereocenters. The number of amides is 1. The Kier molecular flexibility index (Phi) is 5.64. The van der Waals surface area contributed by atoms with Crippen molar-refractivity contribution >= 4 is 17.8 Å². The Bertz CT molecular complexity index is 827. The van der Waals surface area contributed by atoms with Crippen LogP contribution in [0.2, 0.25) is 0 Å². The Morgan fingerprint density at radius 3 is 2.74 bits per heavy atom. The van der Waals surface area contributed by atoms with E-state index >= 15 is 0 Å².